The van der Waals surface area contributed by atoms with Crippen molar-refractivity contribution in [3.8, 4) is 0 Å². The molecule has 0 aliphatic rings. The van der Waals surface area contributed by atoms with E-state index >= 15 is 0 Å². The third-order valence-electron chi connectivity index (χ3n) is 3.36. The molecular weight excluding hydrogens is 194 g/mol. The van der Waals surface area contributed by atoms with Crippen molar-refractivity contribution in [2.75, 3.05) is 6.54 Å². The van der Waals surface area contributed by atoms with E-state index in [1.165, 1.54) is 35.1 Å². The second-order valence-electron chi connectivity index (χ2n) is 4.97. The molecule has 90 valence electrons. The van der Waals surface area contributed by atoms with E-state index < -0.39 is 0 Å². The average Bonchev–Trinajstić information content (AvgIpc) is 2.21. The van der Waals surface area contributed by atoms with Crippen LogP contribution in [0.5, 0.6) is 0 Å². The van der Waals surface area contributed by atoms with Gasteiger partial charge in [-0.1, -0.05) is 31.0 Å². The summed E-state index contributed by atoms with van der Waals surface area (Å²) in [4.78, 5) is 0. The van der Waals surface area contributed by atoms with Crippen LogP contribution in [0.1, 0.15) is 42.0 Å². The molecule has 0 aliphatic carbocycles. The van der Waals surface area contributed by atoms with Gasteiger partial charge in [0.1, 0.15) is 0 Å². The Morgan fingerprint density at radius 1 is 1.12 bits per heavy atom. The maximum atomic E-state index is 5.84. The first-order chi connectivity index (χ1) is 7.58. The van der Waals surface area contributed by atoms with E-state index in [2.05, 4.69) is 39.8 Å². The van der Waals surface area contributed by atoms with Crippen molar-refractivity contribution in [1.29, 1.82) is 0 Å². The number of rotatable bonds is 5. The lowest BCUT2D eigenvalue weighted by Gasteiger charge is -2.18. The van der Waals surface area contributed by atoms with Crippen molar-refractivity contribution in [2.24, 2.45) is 11.7 Å². The van der Waals surface area contributed by atoms with Gasteiger partial charge >= 0.3 is 0 Å². The number of aryl methyl sites for hydroxylation is 3. The molecule has 0 fully saturated rings. The van der Waals surface area contributed by atoms with E-state index in [0.717, 1.165) is 13.0 Å². The third-order valence-corrected chi connectivity index (χ3v) is 3.36. The first kappa shape index (κ1) is 13.2. The first-order valence-corrected chi connectivity index (χ1v) is 6.35. The topological polar surface area (TPSA) is 26.0 Å². The van der Waals surface area contributed by atoms with Gasteiger partial charge in [-0.3, -0.25) is 0 Å². The third kappa shape index (κ3) is 3.34. The van der Waals surface area contributed by atoms with Crippen molar-refractivity contribution in [3.63, 3.8) is 0 Å². The molecule has 1 unspecified atom stereocenters. The molecule has 1 aromatic carbocycles. The fraction of sp³-hybridized carbons (Fsp3) is 0.600. The van der Waals surface area contributed by atoms with Gasteiger partial charge in [0, 0.05) is 0 Å². The highest BCUT2D eigenvalue weighted by molar-refractivity contribution is 5.37. The van der Waals surface area contributed by atoms with Gasteiger partial charge in [0.05, 0.1) is 0 Å². The molecular formula is C15H25N. The van der Waals surface area contributed by atoms with Crippen LogP contribution in [0.15, 0.2) is 12.1 Å². The predicted molar refractivity (Wildman–Crippen MR) is 71.8 cm³/mol. The molecule has 0 saturated carbocycles. The molecule has 0 aromatic heterocycles. The number of hydrogen-bond acceptors (Lipinski definition) is 1. The Morgan fingerprint density at radius 3 is 2.12 bits per heavy atom. The highest BCUT2D eigenvalue weighted by Gasteiger charge is 2.11. The molecule has 0 aliphatic heterocycles. The van der Waals surface area contributed by atoms with Gasteiger partial charge in [-0.25, -0.2) is 0 Å². The van der Waals surface area contributed by atoms with Crippen LogP contribution in [0.3, 0.4) is 0 Å². The van der Waals surface area contributed by atoms with Gasteiger partial charge in [0.2, 0.25) is 0 Å². The molecule has 0 amide bonds. The lowest BCUT2D eigenvalue weighted by atomic mass is 9.89. The molecule has 0 bridgehead atoms. The summed E-state index contributed by atoms with van der Waals surface area (Å²) in [7, 11) is 0. The molecule has 16 heavy (non-hydrogen) atoms. The zero-order chi connectivity index (χ0) is 12.1. The Morgan fingerprint density at radius 2 is 1.69 bits per heavy atom. The first-order valence-electron chi connectivity index (χ1n) is 6.35. The molecule has 0 spiro atoms. The molecule has 0 heterocycles. The van der Waals surface area contributed by atoms with Crippen LogP contribution >= 0.6 is 0 Å². The van der Waals surface area contributed by atoms with Crippen molar-refractivity contribution >= 4 is 0 Å². The summed E-state index contributed by atoms with van der Waals surface area (Å²) in [6, 6.07) is 4.56. The largest absolute Gasteiger partial charge is 0.330 e. The van der Waals surface area contributed by atoms with E-state index in [0.29, 0.717) is 5.92 Å². The molecule has 1 aromatic rings. The number of nitrogens with two attached hydrogens (primary N) is 1. The zero-order valence-corrected chi connectivity index (χ0v) is 11.1. The van der Waals surface area contributed by atoms with Crippen molar-refractivity contribution < 1.29 is 0 Å². The summed E-state index contributed by atoms with van der Waals surface area (Å²) < 4.78 is 0. The van der Waals surface area contributed by atoms with Crippen LogP contribution in [-0.2, 0) is 6.42 Å². The SMILES string of the molecule is CCCC(CN)Cc1c(C)cc(C)cc1C. The van der Waals surface area contributed by atoms with Crippen molar-refractivity contribution in [1.82, 2.24) is 0 Å². The second kappa shape index (κ2) is 6.05. The highest BCUT2D eigenvalue weighted by Crippen LogP contribution is 2.21. The van der Waals surface area contributed by atoms with Crippen LogP contribution in [0, 0.1) is 26.7 Å². The highest BCUT2D eigenvalue weighted by atomic mass is 14.5. The smallest absolute Gasteiger partial charge is 0.00457 e. The molecule has 0 saturated heterocycles. The van der Waals surface area contributed by atoms with Crippen LogP contribution in [-0.4, -0.2) is 6.54 Å². The van der Waals surface area contributed by atoms with Gasteiger partial charge in [-0.15, -0.1) is 0 Å². The van der Waals surface area contributed by atoms with Gasteiger partial charge in [0.15, 0.2) is 0 Å². The Kier molecular flexibility index (Phi) is 5.01. The normalized spacial score (nSPS) is 12.8. The number of benzene rings is 1. The average molecular weight is 219 g/mol. The molecule has 1 nitrogen and oxygen atoms in total. The summed E-state index contributed by atoms with van der Waals surface area (Å²) in [5.41, 5.74) is 11.6. The summed E-state index contributed by atoms with van der Waals surface area (Å²) >= 11 is 0. The van der Waals surface area contributed by atoms with Crippen LogP contribution in [0.4, 0.5) is 0 Å². The van der Waals surface area contributed by atoms with E-state index in [-0.39, 0.29) is 0 Å². The lowest BCUT2D eigenvalue weighted by Crippen LogP contribution is -2.17. The minimum atomic E-state index is 0.644. The summed E-state index contributed by atoms with van der Waals surface area (Å²) in [5.74, 6) is 0.644. The molecule has 1 atom stereocenters. The summed E-state index contributed by atoms with van der Waals surface area (Å²) in [6.45, 7) is 9.64. The van der Waals surface area contributed by atoms with E-state index in [1.807, 2.05) is 0 Å². The second-order valence-corrected chi connectivity index (χ2v) is 4.97. The van der Waals surface area contributed by atoms with E-state index in [1.54, 1.807) is 0 Å². The van der Waals surface area contributed by atoms with Crippen LogP contribution in [0.25, 0.3) is 0 Å². The maximum absolute atomic E-state index is 5.84. The molecule has 2 N–H and O–H groups in total. The molecule has 1 rings (SSSR count). The van der Waals surface area contributed by atoms with Gasteiger partial charge in [-0.05, 0) is 62.8 Å². The Labute approximate surface area is 100 Å². The summed E-state index contributed by atoms with van der Waals surface area (Å²) in [5, 5.41) is 0. The van der Waals surface area contributed by atoms with E-state index in [4.69, 9.17) is 5.73 Å². The van der Waals surface area contributed by atoms with Gasteiger partial charge in [0.25, 0.3) is 0 Å². The minimum absolute atomic E-state index is 0.644. The lowest BCUT2D eigenvalue weighted by molar-refractivity contribution is 0.485. The van der Waals surface area contributed by atoms with Crippen molar-refractivity contribution in [3.05, 3.63) is 34.4 Å². The fourth-order valence-corrected chi connectivity index (χ4v) is 2.53. The molecule has 0 radical (unpaired) electrons. The monoisotopic (exact) mass is 219 g/mol. The van der Waals surface area contributed by atoms with Crippen LogP contribution < -0.4 is 5.73 Å². The molecule has 1 heteroatoms. The standard InChI is InChI=1S/C15H25N/c1-5-6-14(10-16)9-15-12(3)7-11(2)8-13(15)4/h7-8,14H,5-6,9-10,16H2,1-4H3. The fourth-order valence-electron chi connectivity index (χ4n) is 2.53. The van der Waals surface area contributed by atoms with Crippen LogP contribution in [0.2, 0.25) is 0 Å². The zero-order valence-electron chi connectivity index (χ0n) is 11.1. The Hall–Kier alpha value is -0.820. The number of hydrogen-bond donors (Lipinski definition) is 1. The Bertz CT molecular complexity index is 318. The van der Waals surface area contributed by atoms with Crippen molar-refractivity contribution in [2.45, 2.75) is 47.0 Å². The van der Waals surface area contributed by atoms with Gasteiger partial charge in [-0.2, -0.15) is 0 Å². The minimum Gasteiger partial charge on any atom is -0.330 e. The van der Waals surface area contributed by atoms with E-state index in [9.17, 15) is 0 Å². The Balaban J connectivity index is 2.87. The predicted octanol–water partition coefficient (Wildman–Crippen LogP) is 3.53. The summed E-state index contributed by atoms with van der Waals surface area (Å²) in [6.07, 6.45) is 3.61. The quantitative estimate of drug-likeness (QED) is 0.805. The maximum Gasteiger partial charge on any atom is -0.00457 e. The van der Waals surface area contributed by atoms with Gasteiger partial charge < -0.3 is 5.73 Å².